The maximum absolute atomic E-state index is 14.4. The van der Waals surface area contributed by atoms with Crippen molar-refractivity contribution >= 4 is 5.69 Å². The molecule has 0 bridgehead atoms. The Labute approximate surface area is 175 Å². The fourth-order valence-corrected chi connectivity index (χ4v) is 3.89. The van der Waals surface area contributed by atoms with E-state index in [0.717, 1.165) is 31.2 Å². The highest BCUT2D eigenvalue weighted by molar-refractivity contribution is 5.49. The molecule has 154 valence electrons. The van der Waals surface area contributed by atoms with Crippen molar-refractivity contribution in [3.63, 3.8) is 0 Å². The maximum Gasteiger partial charge on any atom is 0.178 e. The molecule has 1 unspecified atom stereocenters. The van der Waals surface area contributed by atoms with E-state index in [2.05, 4.69) is 26.8 Å². The van der Waals surface area contributed by atoms with E-state index in [-0.39, 0.29) is 18.5 Å². The number of nitrogens with one attached hydrogen (secondary N) is 1. The minimum Gasteiger partial charge on any atom is -0.481 e. The minimum atomic E-state index is -0.416. The molecule has 0 aliphatic heterocycles. The third kappa shape index (κ3) is 4.43. The Morgan fingerprint density at radius 2 is 1.90 bits per heavy atom. The zero-order chi connectivity index (χ0) is 20.8. The lowest BCUT2D eigenvalue weighted by atomic mass is 9.95. The van der Waals surface area contributed by atoms with Crippen LogP contribution >= 0.6 is 0 Å². The third-order valence-corrected chi connectivity index (χ3v) is 5.41. The second kappa shape index (κ2) is 9.40. The number of nitrogens with zero attached hydrogens (tertiary/aromatic N) is 4. The van der Waals surface area contributed by atoms with Crippen LogP contribution in [0.25, 0.3) is 0 Å². The number of anilines is 1. The predicted octanol–water partition coefficient (Wildman–Crippen LogP) is 4.53. The van der Waals surface area contributed by atoms with Gasteiger partial charge in [-0.2, -0.15) is 0 Å². The number of tetrazole rings is 1. The lowest BCUT2D eigenvalue weighted by molar-refractivity contribution is 0.315. The van der Waals surface area contributed by atoms with Gasteiger partial charge < -0.3 is 10.1 Å². The number of para-hydroxylation sites is 1. The van der Waals surface area contributed by atoms with E-state index in [0.29, 0.717) is 17.3 Å². The molecule has 0 radical (unpaired) electrons. The van der Waals surface area contributed by atoms with Crippen molar-refractivity contribution in [2.75, 3.05) is 11.9 Å². The molecule has 1 heterocycles. The summed E-state index contributed by atoms with van der Waals surface area (Å²) < 4.78 is 21.8. The number of terminal acetylenes is 1. The second-order valence-electron chi connectivity index (χ2n) is 7.39. The molecule has 6 nitrogen and oxygen atoms in total. The van der Waals surface area contributed by atoms with E-state index in [1.807, 2.05) is 28.9 Å². The number of hydrogen-bond donors (Lipinski definition) is 1. The molecule has 1 aliphatic rings. The van der Waals surface area contributed by atoms with Crippen molar-refractivity contribution in [3.05, 3.63) is 65.7 Å². The molecule has 1 fully saturated rings. The van der Waals surface area contributed by atoms with E-state index < -0.39 is 6.04 Å². The van der Waals surface area contributed by atoms with Gasteiger partial charge in [-0.05, 0) is 53.1 Å². The van der Waals surface area contributed by atoms with Gasteiger partial charge in [-0.25, -0.2) is 9.07 Å². The normalized spacial score (nSPS) is 15.3. The van der Waals surface area contributed by atoms with E-state index in [1.165, 1.54) is 12.5 Å². The van der Waals surface area contributed by atoms with Crippen LogP contribution in [0.5, 0.6) is 5.75 Å². The molecule has 4 rings (SSSR count). The van der Waals surface area contributed by atoms with Crippen LogP contribution in [0.15, 0.2) is 48.5 Å². The van der Waals surface area contributed by atoms with E-state index in [1.54, 1.807) is 18.2 Å². The minimum absolute atomic E-state index is 0.205. The van der Waals surface area contributed by atoms with Crippen molar-refractivity contribution in [1.29, 1.82) is 0 Å². The molecule has 7 heteroatoms. The van der Waals surface area contributed by atoms with Gasteiger partial charge in [0.15, 0.2) is 5.82 Å². The summed E-state index contributed by atoms with van der Waals surface area (Å²) in [5.41, 5.74) is 1.30. The van der Waals surface area contributed by atoms with Gasteiger partial charge >= 0.3 is 0 Å². The number of aromatic nitrogens is 4. The monoisotopic (exact) mass is 405 g/mol. The molecule has 2 aromatic carbocycles. The Balaban J connectivity index is 1.69. The average Bonchev–Trinajstić information content (AvgIpc) is 3.28. The largest absolute Gasteiger partial charge is 0.481 e. The van der Waals surface area contributed by atoms with Gasteiger partial charge in [0.05, 0.1) is 11.7 Å². The average molecular weight is 405 g/mol. The van der Waals surface area contributed by atoms with Gasteiger partial charge in [0, 0.05) is 0 Å². The summed E-state index contributed by atoms with van der Waals surface area (Å²) in [4.78, 5) is 0. The van der Waals surface area contributed by atoms with Crippen LogP contribution in [0.4, 0.5) is 10.1 Å². The fraction of sp³-hybridized carbons (Fsp3) is 0.348. The van der Waals surface area contributed by atoms with Crippen LogP contribution < -0.4 is 10.1 Å². The van der Waals surface area contributed by atoms with Crippen molar-refractivity contribution in [2.24, 2.45) is 0 Å². The number of halogens is 1. The molecule has 0 spiro atoms. The van der Waals surface area contributed by atoms with E-state index >= 15 is 0 Å². The number of benzene rings is 2. The second-order valence-corrected chi connectivity index (χ2v) is 7.39. The maximum atomic E-state index is 14.4. The van der Waals surface area contributed by atoms with Crippen molar-refractivity contribution in [2.45, 2.75) is 44.2 Å². The van der Waals surface area contributed by atoms with E-state index in [4.69, 9.17) is 11.2 Å². The lowest BCUT2D eigenvalue weighted by Crippen LogP contribution is -2.23. The van der Waals surface area contributed by atoms with Gasteiger partial charge in [-0.3, -0.25) is 0 Å². The summed E-state index contributed by atoms with van der Waals surface area (Å²) in [6, 6.07) is 14.0. The smallest absolute Gasteiger partial charge is 0.178 e. The van der Waals surface area contributed by atoms with Crippen molar-refractivity contribution in [1.82, 2.24) is 20.2 Å². The molecule has 1 atom stereocenters. The quantitative estimate of drug-likeness (QED) is 0.585. The number of rotatable bonds is 7. The topological polar surface area (TPSA) is 64.9 Å². The standard InChI is InChI=1S/C23H24FN5O/c1-2-16-30-19-14-12-17(13-15-19)22(25-21-11-7-6-10-20(21)24)23-26-27-28-29(23)18-8-4-3-5-9-18/h1,6-7,10-15,18,22,25H,3-5,8-9,16H2. The van der Waals surface area contributed by atoms with Crippen molar-refractivity contribution < 1.29 is 9.13 Å². The molecule has 3 aromatic rings. The molecule has 30 heavy (non-hydrogen) atoms. The van der Waals surface area contributed by atoms with Gasteiger partial charge in [-0.1, -0.05) is 49.4 Å². The highest BCUT2D eigenvalue weighted by atomic mass is 19.1. The first-order valence-corrected chi connectivity index (χ1v) is 10.2. The first-order valence-electron chi connectivity index (χ1n) is 10.2. The van der Waals surface area contributed by atoms with Crippen LogP contribution in [0.1, 0.15) is 55.6 Å². The summed E-state index contributed by atoms with van der Waals surface area (Å²) in [5, 5.41) is 15.9. The summed E-state index contributed by atoms with van der Waals surface area (Å²) in [5.74, 6) is 3.47. The van der Waals surface area contributed by atoms with Gasteiger partial charge in [0.1, 0.15) is 24.2 Å². The van der Waals surface area contributed by atoms with Crippen LogP contribution in [0, 0.1) is 18.2 Å². The predicted molar refractivity (Wildman–Crippen MR) is 113 cm³/mol. The molecule has 0 amide bonds. The summed E-state index contributed by atoms with van der Waals surface area (Å²) >= 11 is 0. The van der Waals surface area contributed by atoms with Crippen LogP contribution in [0.3, 0.4) is 0 Å². The van der Waals surface area contributed by atoms with Gasteiger partial charge in [0.25, 0.3) is 0 Å². The Bertz CT molecular complexity index is 1000. The van der Waals surface area contributed by atoms with Crippen LogP contribution in [-0.2, 0) is 0 Å². The zero-order valence-corrected chi connectivity index (χ0v) is 16.7. The molecule has 1 aromatic heterocycles. The Morgan fingerprint density at radius 3 is 2.63 bits per heavy atom. The molecule has 0 saturated heterocycles. The summed E-state index contributed by atoms with van der Waals surface area (Å²) in [6.07, 6.45) is 10.9. The zero-order valence-electron chi connectivity index (χ0n) is 16.7. The van der Waals surface area contributed by atoms with Crippen LogP contribution in [-0.4, -0.2) is 26.8 Å². The highest BCUT2D eigenvalue weighted by Crippen LogP contribution is 2.33. The Hall–Kier alpha value is -3.40. The molecule has 1 saturated carbocycles. The number of hydrogen-bond acceptors (Lipinski definition) is 5. The third-order valence-electron chi connectivity index (χ3n) is 5.41. The molecule has 1 N–H and O–H groups in total. The first kappa shape index (κ1) is 19.9. The summed E-state index contributed by atoms with van der Waals surface area (Å²) in [7, 11) is 0. The Morgan fingerprint density at radius 1 is 1.13 bits per heavy atom. The number of ether oxygens (including phenoxy) is 1. The SMILES string of the molecule is C#CCOc1ccc(C(Nc2ccccc2F)c2nnnn2C2CCCCC2)cc1. The van der Waals surface area contributed by atoms with E-state index in [9.17, 15) is 4.39 Å². The van der Waals surface area contributed by atoms with Gasteiger partial charge in [-0.15, -0.1) is 11.5 Å². The van der Waals surface area contributed by atoms with Gasteiger partial charge in [0.2, 0.25) is 0 Å². The van der Waals surface area contributed by atoms with Crippen molar-refractivity contribution in [3.8, 4) is 18.1 Å². The molecule has 1 aliphatic carbocycles. The first-order chi connectivity index (χ1) is 14.8. The van der Waals surface area contributed by atoms with Crippen LogP contribution in [0.2, 0.25) is 0 Å². The highest BCUT2D eigenvalue weighted by Gasteiger charge is 2.27. The lowest BCUT2D eigenvalue weighted by Gasteiger charge is -2.26. The summed E-state index contributed by atoms with van der Waals surface area (Å²) in [6.45, 7) is 0.205. The molecular weight excluding hydrogens is 381 g/mol. The Kier molecular flexibility index (Phi) is 6.23. The molecular formula is C23H24FN5O. The fourth-order valence-electron chi connectivity index (χ4n) is 3.89.